The molecule has 0 aliphatic heterocycles. The first kappa shape index (κ1) is 16.8. The van der Waals surface area contributed by atoms with Crippen molar-refractivity contribution in [1.82, 2.24) is 0 Å². The van der Waals surface area contributed by atoms with Gasteiger partial charge in [0.25, 0.3) is 0 Å². The van der Waals surface area contributed by atoms with Crippen molar-refractivity contribution < 1.29 is 9.90 Å². The van der Waals surface area contributed by atoms with E-state index in [9.17, 15) is 4.79 Å². The summed E-state index contributed by atoms with van der Waals surface area (Å²) in [6.07, 6.45) is 3.48. The number of unbranched alkanes of at least 4 members (excludes halogenated alkanes) is 1. The second-order valence-corrected chi connectivity index (χ2v) is 4.40. The zero-order valence-electron chi connectivity index (χ0n) is 11.2. The fourth-order valence-corrected chi connectivity index (χ4v) is 1.67. The Hall–Kier alpha value is -1.22. The molecule has 1 N–H and O–H groups in total. The summed E-state index contributed by atoms with van der Waals surface area (Å²) in [4.78, 5) is 12.7. The van der Waals surface area contributed by atoms with E-state index >= 15 is 0 Å². The normalized spacial score (nSPS) is 11.5. The average molecular weight is 272 g/mol. The van der Waals surface area contributed by atoms with E-state index in [1.54, 1.807) is 18.9 Å². The van der Waals surface area contributed by atoms with Crippen molar-refractivity contribution in [1.29, 1.82) is 0 Å². The number of aryl methyl sites for hydroxylation is 1. The molecule has 4 heteroatoms. The summed E-state index contributed by atoms with van der Waals surface area (Å²) in [6.45, 7) is 3.87. The Balaban J connectivity index is 0.00000289. The van der Waals surface area contributed by atoms with Crippen LogP contribution in [0.5, 0.6) is 0 Å². The van der Waals surface area contributed by atoms with E-state index in [0.717, 1.165) is 12.1 Å². The predicted molar refractivity (Wildman–Crippen MR) is 77.8 cm³/mol. The Morgan fingerprint density at radius 1 is 1.33 bits per heavy atom. The smallest absolute Gasteiger partial charge is 0.326 e. The van der Waals surface area contributed by atoms with Crippen molar-refractivity contribution in [2.75, 3.05) is 11.9 Å². The Morgan fingerprint density at radius 2 is 1.89 bits per heavy atom. The molecule has 0 amide bonds. The van der Waals surface area contributed by atoms with Crippen molar-refractivity contribution >= 4 is 24.1 Å². The van der Waals surface area contributed by atoms with E-state index in [0.29, 0.717) is 0 Å². The molecule has 0 aliphatic carbocycles. The summed E-state index contributed by atoms with van der Waals surface area (Å²) in [5.41, 5.74) is 2.26. The molecule has 0 aliphatic rings. The Kier molecular flexibility index (Phi) is 7.44. The molecule has 1 unspecified atom stereocenters. The highest BCUT2D eigenvalue weighted by Gasteiger charge is 2.16. The van der Waals surface area contributed by atoms with Crippen LogP contribution in [-0.2, 0) is 11.2 Å². The summed E-state index contributed by atoms with van der Waals surface area (Å²) < 4.78 is 0. The van der Waals surface area contributed by atoms with Crippen LogP contribution in [0.3, 0.4) is 0 Å². The topological polar surface area (TPSA) is 40.5 Å². The highest BCUT2D eigenvalue weighted by Crippen LogP contribution is 2.17. The number of hydrogen-bond donors (Lipinski definition) is 1. The van der Waals surface area contributed by atoms with Crippen molar-refractivity contribution in [3.8, 4) is 0 Å². The summed E-state index contributed by atoms with van der Waals surface area (Å²) in [5.74, 6) is -0.803. The maximum atomic E-state index is 10.9. The molecule has 102 valence electrons. The van der Waals surface area contributed by atoms with Gasteiger partial charge in [-0.05, 0) is 37.5 Å². The fourth-order valence-electron chi connectivity index (χ4n) is 1.67. The highest BCUT2D eigenvalue weighted by atomic mass is 35.5. The number of hydrogen-bond acceptors (Lipinski definition) is 2. The number of anilines is 1. The first-order valence-corrected chi connectivity index (χ1v) is 6.10. The number of carboxylic acid groups (broad SMARTS) is 1. The van der Waals surface area contributed by atoms with Crippen molar-refractivity contribution in [3.63, 3.8) is 0 Å². The lowest BCUT2D eigenvalue weighted by Gasteiger charge is -2.23. The van der Waals surface area contributed by atoms with E-state index < -0.39 is 12.0 Å². The number of carbonyl (C=O) groups is 1. The summed E-state index contributed by atoms with van der Waals surface area (Å²) >= 11 is 0. The Morgan fingerprint density at radius 3 is 2.33 bits per heavy atom. The van der Waals surface area contributed by atoms with E-state index in [4.69, 9.17) is 5.11 Å². The quantitative estimate of drug-likeness (QED) is 0.862. The number of benzene rings is 1. The van der Waals surface area contributed by atoms with Gasteiger partial charge in [0.15, 0.2) is 0 Å². The SMILES string of the molecule is CCCCc1ccc(N(C)C(C)C(=O)O)cc1.Cl. The van der Waals surface area contributed by atoms with Gasteiger partial charge in [-0.15, -0.1) is 12.4 Å². The monoisotopic (exact) mass is 271 g/mol. The lowest BCUT2D eigenvalue weighted by atomic mass is 10.1. The first-order valence-electron chi connectivity index (χ1n) is 6.10. The van der Waals surface area contributed by atoms with Crippen molar-refractivity contribution in [3.05, 3.63) is 29.8 Å². The summed E-state index contributed by atoms with van der Waals surface area (Å²) in [7, 11) is 1.81. The second kappa shape index (κ2) is 7.98. The summed E-state index contributed by atoms with van der Waals surface area (Å²) in [5, 5.41) is 8.94. The molecule has 0 radical (unpaired) electrons. The molecule has 0 spiro atoms. The van der Waals surface area contributed by atoms with E-state index in [1.165, 1.54) is 18.4 Å². The molecule has 1 aromatic carbocycles. The maximum Gasteiger partial charge on any atom is 0.326 e. The van der Waals surface area contributed by atoms with Gasteiger partial charge >= 0.3 is 5.97 Å². The van der Waals surface area contributed by atoms with Crippen LogP contribution < -0.4 is 4.90 Å². The molecule has 1 rings (SSSR count). The minimum atomic E-state index is -0.803. The molecular formula is C14H22ClNO2. The third-order valence-corrected chi connectivity index (χ3v) is 3.10. The lowest BCUT2D eigenvalue weighted by molar-refractivity contribution is -0.138. The van der Waals surface area contributed by atoms with Crippen LogP contribution in [0.25, 0.3) is 0 Å². The Bertz CT molecular complexity index is 365. The number of likely N-dealkylation sites (N-methyl/N-ethyl adjacent to an activating group) is 1. The fraction of sp³-hybridized carbons (Fsp3) is 0.500. The maximum absolute atomic E-state index is 10.9. The molecule has 0 fully saturated rings. The number of carboxylic acids is 1. The van der Waals surface area contributed by atoms with E-state index in [1.807, 2.05) is 12.1 Å². The van der Waals surface area contributed by atoms with Crippen LogP contribution >= 0.6 is 12.4 Å². The van der Waals surface area contributed by atoms with Gasteiger partial charge in [0, 0.05) is 12.7 Å². The third-order valence-electron chi connectivity index (χ3n) is 3.10. The highest BCUT2D eigenvalue weighted by molar-refractivity contribution is 5.85. The lowest BCUT2D eigenvalue weighted by Crippen LogP contribution is -2.35. The molecule has 0 bridgehead atoms. The van der Waals surface area contributed by atoms with Crippen molar-refractivity contribution in [2.45, 2.75) is 39.2 Å². The first-order chi connectivity index (χ1) is 8.06. The van der Waals surface area contributed by atoms with Gasteiger partial charge in [-0.3, -0.25) is 0 Å². The molecule has 1 aromatic rings. The minimum absolute atomic E-state index is 0. The number of rotatable bonds is 6. The minimum Gasteiger partial charge on any atom is -0.480 e. The van der Waals surface area contributed by atoms with Gasteiger partial charge in [0.1, 0.15) is 6.04 Å². The van der Waals surface area contributed by atoms with Gasteiger partial charge in [-0.25, -0.2) is 4.79 Å². The third kappa shape index (κ3) is 4.57. The van der Waals surface area contributed by atoms with Gasteiger partial charge in [0.2, 0.25) is 0 Å². The summed E-state index contributed by atoms with van der Waals surface area (Å²) in [6, 6.07) is 7.64. The molecule has 0 saturated heterocycles. The number of nitrogens with zero attached hydrogens (tertiary/aromatic N) is 1. The van der Waals surface area contributed by atoms with Gasteiger partial charge in [0.05, 0.1) is 0 Å². The van der Waals surface area contributed by atoms with Crippen LogP contribution in [0.1, 0.15) is 32.3 Å². The van der Waals surface area contributed by atoms with E-state index in [-0.39, 0.29) is 12.4 Å². The van der Waals surface area contributed by atoms with Gasteiger partial charge < -0.3 is 10.0 Å². The standard InChI is InChI=1S/C14H21NO2.ClH/c1-4-5-6-12-7-9-13(10-8-12)15(3)11(2)14(16)17;/h7-11H,4-6H2,1-3H3,(H,16,17);1H. The molecule has 0 heterocycles. The number of halogens is 1. The zero-order chi connectivity index (χ0) is 12.8. The molecule has 1 atom stereocenters. The van der Waals surface area contributed by atoms with Crippen LogP contribution in [-0.4, -0.2) is 24.2 Å². The Labute approximate surface area is 115 Å². The average Bonchev–Trinajstić information content (AvgIpc) is 2.35. The van der Waals surface area contributed by atoms with Crippen LogP contribution in [0.2, 0.25) is 0 Å². The van der Waals surface area contributed by atoms with Gasteiger partial charge in [-0.2, -0.15) is 0 Å². The number of aliphatic carboxylic acids is 1. The molecule has 0 saturated carbocycles. The second-order valence-electron chi connectivity index (χ2n) is 4.40. The molecule has 18 heavy (non-hydrogen) atoms. The van der Waals surface area contributed by atoms with Gasteiger partial charge in [-0.1, -0.05) is 25.5 Å². The zero-order valence-corrected chi connectivity index (χ0v) is 12.0. The molecule has 3 nitrogen and oxygen atoms in total. The largest absolute Gasteiger partial charge is 0.480 e. The predicted octanol–water partition coefficient (Wildman–Crippen LogP) is 3.36. The molecular weight excluding hydrogens is 250 g/mol. The molecule has 0 aromatic heterocycles. The van der Waals surface area contributed by atoms with E-state index in [2.05, 4.69) is 19.1 Å². The van der Waals surface area contributed by atoms with Crippen molar-refractivity contribution in [2.24, 2.45) is 0 Å². The van der Waals surface area contributed by atoms with Crippen LogP contribution in [0.15, 0.2) is 24.3 Å². The van der Waals surface area contributed by atoms with Crippen LogP contribution in [0, 0.1) is 0 Å². The van der Waals surface area contributed by atoms with Crippen LogP contribution in [0.4, 0.5) is 5.69 Å².